The number of hydrogen-bond acceptors (Lipinski definition) is 5. The minimum atomic E-state index is -0.237. The Labute approximate surface area is 173 Å². The molecule has 2 aliphatic heterocycles. The lowest BCUT2D eigenvalue weighted by molar-refractivity contribution is -0.121. The van der Waals surface area contributed by atoms with E-state index in [4.69, 9.17) is 4.74 Å². The van der Waals surface area contributed by atoms with Gasteiger partial charge in [-0.15, -0.1) is 23.5 Å². The molecule has 7 heteroatoms. The SMILES string of the molecule is C[C@H]1CC(=O)Nc2ccccc2N1C(=O)COc1ccc(C2SCCS2)cc1. The number of thioether (sulfide) groups is 2. The molecule has 4 rings (SSSR count). The highest BCUT2D eigenvalue weighted by molar-refractivity contribution is 8.19. The molecule has 1 atom stereocenters. The normalized spacial score (nSPS) is 19.7. The van der Waals surface area contributed by atoms with Crippen LogP contribution in [0.2, 0.25) is 0 Å². The van der Waals surface area contributed by atoms with Crippen LogP contribution >= 0.6 is 23.5 Å². The summed E-state index contributed by atoms with van der Waals surface area (Å²) in [4.78, 5) is 26.7. The molecule has 0 saturated carbocycles. The quantitative estimate of drug-likeness (QED) is 0.808. The Morgan fingerprint density at radius 2 is 1.86 bits per heavy atom. The van der Waals surface area contributed by atoms with E-state index < -0.39 is 0 Å². The molecule has 2 heterocycles. The lowest BCUT2D eigenvalue weighted by atomic mass is 10.1. The fourth-order valence-electron chi connectivity index (χ4n) is 3.45. The topological polar surface area (TPSA) is 58.6 Å². The smallest absolute Gasteiger partial charge is 0.265 e. The predicted octanol–water partition coefficient (Wildman–Crippen LogP) is 4.31. The number of nitrogens with zero attached hydrogens (tertiary/aromatic N) is 1. The molecule has 0 spiro atoms. The average Bonchev–Trinajstić information content (AvgIpc) is 3.19. The lowest BCUT2D eigenvalue weighted by Gasteiger charge is -2.27. The second-order valence-corrected chi connectivity index (χ2v) is 9.54. The zero-order valence-corrected chi connectivity index (χ0v) is 17.2. The first-order chi connectivity index (χ1) is 13.6. The first-order valence-corrected chi connectivity index (χ1v) is 11.4. The highest BCUT2D eigenvalue weighted by atomic mass is 32.2. The van der Waals surface area contributed by atoms with E-state index in [0.717, 1.165) is 0 Å². The fourth-order valence-corrected chi connectivity index (χ4v) is 6.31. The summed E-state index contributed by atoms with van der Waals surface area (Å²) in [7, 11) is 0. The van der Waals surface area contributed by atoms with E-state index in [2.05, 4.69) is 17.4 Å². The monoisotopic (exact) mass is 414 g/mol. The van der Waals surface area contributed by atoms with E-state index in [0.29, 0.717) is 21.7 Å². The maximum Gasteiger partial charge on any atom is 0.265 e. The van der Waals surface area contributed by atoms with Crippen molar-refractivity contribution in [3.8, 4) is 5.75 Å². The minimum absolute atomic E-state index is 0.0703. The van der Waals surface area contributed by atoms with E-state index in [1.165, 1.54) is 17.1 Å². The number of hydrogen-bond donors (Lipinski definition) is 1. The van der Waals surface area contributed by atoms with Crippen molar-refractivity contribution in [3.63, 3.8) is 0 Å². The maximum absolute atomic E-state index is 12.9. The number of para-hydroxylation sites is 2. The Bertz CT molecular complexity index is 866. The van der Waals surface area contributed by atoms with Crippen molar-refractivity contribution in [2.24, 2.45) is 0 Å². The molecule has 0 aromatic heterocycles. The van der Waals surface area contributed by atoms with Gasteiger partial charge in [-0.05, 0) is 36.8 Å². The van der Waals surface area contributed by atoms with Crippen molar-refractivity contribution in [1.82, 2.24) is 0 Å². The molecule has 146 valence electrons. The minimum Gasteiger partial charge on any atom is -0.484 e. The molecule has 0 bridgehead atoms. The van der Waals surface area contributed by atoms with Crippen molar-refractivity contribution in [2.75, 3.05) is 28.3 Å². The number of benzene rings is 2. The molecule has 1 saturated heterocycles. The third-order valence-corrected chi connectivity index (χ3v) is 7.87. The maximum atomic E-state index is 12.9. The molecular formula is C21H22N2O3S2. The molecule has 2 aromatic rings. The number of rotatable bonds is 4. The third kappa shape index (κ3) is 4.15. The van der Waals surface area contributed by atoms with Gasteiger partial charge in [0.2, 0.25) is 5.91 Å². The summed E-state index contributed by atoms with van der Waals surface area (Å²) in [5, 5.41) is 2.87. The van der Waals surface area contributed by atoms with E-state index in [1.807, 2.05) is 66.8 Å². The van der Waals surface area contributed by atoms with Gasteiger partial charge in [0.15, 0.2) is 6.61 Å². The molecule has 2 aromatic carbocycles. The van der Waals surface area contributed by atoms with Crippen molar-refractivity contribution in [3.05, 3.63) is 54.1 Å². The van der Waals surface area contributed by atoms with Crippen molar-refractivity contribution >= 4 is 46.7 Å². The Balaban J connectivity index is 1.45. The number of amides is 2. The van der Waals surface area contributed by atoms with Crippen LogP contribution in [0.1, 0.15) is 23.5 Å². The molecule has 1 fully saturated rings. The van der Waals surface area contributed by atoms with Crippen LogP contribution in [0.25, 0.3) is 0 Å². The molecule has 5 nitrogen and oxygen atoms in total. The van der Waals surface area contributed by atoms with Crippen LogP contribution in [-0.4, -0.2) is 36.0 Å². The van der Waals surface area contributed by atoms with Crippen molar-refractivity contribution in [2.45, 2.75) is 24.0 Å². The second-order valence-electron chi connectivity index (χ2n) is 6.81. The summed E-state index contributed by atoms with van der Waals surface area (Å²) in [5.74, 6) is 2.80. The first-order valence-electron chi connectivity index (χ1n) is 9.29. The molecule has 1 N–H and O–H groups in total. The van der Waals surface area contributed by atoms with Gasteiger partial charge in [-0.3, -0.25) is 9.59 Å². The van der Waals surface area contributed by atoms with Crippen molar-refractivity contribution in [1.29, 1.82) is 0 Å². The van der Waals surface area contributed by atoms with Crippen LogP contribution < -0.4 is 15.0 Å². The van der Waals surface area contributed by atoms with E-state index in [9.17, 15) is 9.59 Å². The van der Waals surface area contributed by atoms with Gasteiger partial charge in [-0.25, -0.2) is 0 Å². The molecular weight excluding hydrogens is 392 g/mol. The summed E-state index contributed by atoms with van der Waals surface area (Å²) in [6.45, 7) is 1.81. The summed E-state index contributed by atoms with van der Waals surface area (Å²) < 4.78 is 6.26. The molecule has 0 unspecified atom stereocenters. The van der Waals surface area contributed by atoms with Crippen LogP contribution in [-0.2, 0) is 9.59 Å². The van der Waals surface area contributed by atoms with Gasteiger partial charge in [0.05, 0.1) is 16.0 Å². The third-order valence-electron chi connectivity index (χ3n) is 4.76. The van der Waals surface area contributed by atoms with Crippen LogP contribution in [0.15, 0.2) is 48.5 Å². The summed E-state index contributed by atoms with van der Waals surface area (Å²) in [6.07, 6.45) is 0.256. The lowest BCUT2D eigenvalue weighted by Crippen LogP contribution is -2.41. The van der Waals surface area contributed by atoms with Crippen LogP contribution in [0, 0.1) is 0 Å². The molecule has 2 amide bonds. The number of nitrogens with one attached hydrogen (secondary N) is 1. The van der Waals surface area contributed by atoms with Gasteiger partial charge in [-0.1, -0.05) is 24.3 Å². The van der Waals surface area contributed by atoms with Crippen LogP contribution in [0.3, 0.4) is 0 Å². The largest absolute Gasteiger partial charge is 0.484 e. The number of anilines is 2. The van der Waals surface area contributed by atoms with Gasteiger partial charge < -0.3 is 15.0 Å². The highest BCUT2D eigenvalue weighted by Crippen LogP contribution is 2.45. The van der Waals surface area contributed by atoms with E-state index >= 15 is 0 Å². The Morgan fingerprint density at radius 3 is 2.61 bits per heavy atom. The predicted molar refractivity (Wildman–Crippen MR) is 116 cm³/mol. The second kappa shape index (κ2) is 8.49. The van der Waals surface area contributed by atoms with Crippen LogP contribution in [0.4, 0.5) is 11.4 Å². The Hall–Kier alpha value is -2.12. The van der Waals surface area contributed by atoms with E-state index in [1.54, 1.807) is 4.90 Å². The zero-order chi connectivity index (χ0) is 19.5. The number of carbonyl (C=O) groups is 2. The van der Waals surface area contributed by atoms with Crippen LogP contribution in [0.5, 0.6) is 5.75 Å². The van der Waals surface area contributed by atoms with Gasteiger partial charge in [0.25, 0.3) is 5.91 Å². The average molecular weight is 415 g/mol. The Morgan fingerprint density at radius 1 is 1.14 bits per heavy atom. The van der Waals surface area contributed by atoms with Gasteiger partial charge >= 0.3 is 0 Å². The molecule has 0 radical (unpaired) electrons. The zero-order valence-electron chi connectivity index (χ0n) is 15.6. The summed E-state index contributed by atoms with van der Waals surface area (Å²) in [5.41, 5.74) is 2.65. The molecule has 2 aliphatic rings. The number of fused-ring (bicyclic) bond motifs is 1. The standard InChI is InChI=1S/C21H22N2O3S2/c1-14-12-19(24)22-17-4-2-3-5-18(17)23(14)20(25)13-26-16-8-6-15(7-9-16)21-27-10-11-28-21/h2-9,14,21H,10-13H2,1H3,(H,22,24)/t14-/m0/s1. The van der Waals surface area contributed by atoms with Gasteiger partial charge in [0.1, 0.15) is 5.75 Å². The Kier molecular flexibility index (Phi) is 5.82. The number of carbonyl (C=O) groups excluding carboxylic acids is 2. The summed E-state index contributed by atoms with van der Waals surface area (Å²) >= 11 is 3.92. The molecule has 0 aliphatic carbocycles. The van der Waals surface area contributed by atoms with Crippen molar-refractivity contribution < 1.29 is 14.3 Å². The number of ether oxygens (including phenoxy) is 1. The highest BCUT2D eigenvalue weighted by Gasteiger charge is 2.29. The van der Waals surface area contributed by atoms with E-state index in [-0.39, 0.29) is 30.9 Å². The van der Waals surface area contributed by atoms with Gasteiger partial charge in [-0.2, -0.15) is 0 Å². The summed E-state index contributed by atoms with van der Waals surface area (Å²) in [6, 6.07) is 15.1. The van der Waals surface area contributed by atoms with Gasteiger partial charge in [0, 0.05) is 24.0 Å². The molecule has 28 heavy (non-hydrogen) atoms. The first kappa shape index (κ1) is 19.2. The fraction of sp³-hybridized carbons (Fsp3) is 0.333.